The van der Waals surface area contributed by atoms with Gasteiger partial charge in [-0.25, -0.2) is 4.98 Å². The molecule has 0 spiro atoms. The maximum atomic E-state index is 11.8. The fraction of sp³-hybridized carbons (Fsp3) is 0.333. The first-order valence-corrected chi connectivity index (χ1v) is 6.87. The summed E-state index contributed by atoms with van der Waals surface area (Å²) in [6.45, 7) is 4.03. The number of hydrogen-bond donors (Lipinski definition) is 0. The van der Waals surface area contributed by atoms with Gasteiger partial charge in [-0.15, -0.1) is 11.3 Å². The number of carbonyl (C=O) groups is 1. The van der Waals surface area contributed by atoms with E-state index in [0.717, 1.165) is 16.3 Å². The molecule has 16 heavy (non-hydrogen) atoms. The molecule has 0 radical (unpaired) electrons. The normalized spacial score (nSPS) is 10.6. The van der Waals surface area contributed by atoms with Gasteiger partial charge in [-0.1, -0.05) is 0 Å². The molecule has 0 bridgehead atoms. The first-order chi connectivity index (χ1) is 7.65. The zero-order chi connectivity index (χ0) is 11.5. The molecule has 0 fully saturated rings. The fourth-order valence-electron chi connectivity index (χ4n) is 1.47. The molecule has 4 heteroatoms. The number of aromatic nitrogens is 1. The lowest BCUT2D eigenvalue weighted by molar-refractivity contribution is -0.117. The second-order valence-electron chi connectivity index (χ2n) is 3.77. The molecule has 0 aliphatic carbocycles. The Hall–Kier alpha value is -1.00. The number of carbonyl (C=O) groups excluding carboxylic acids is 1. The van der Waals surface area contributed by atoms with Crippen molar-refractivity contribution in [3.8, 4) is 0 Å². The Labute approximate surface area is 103 Å². The Morgan fingerprint density at radius 2 is 2.19 bits per heavy atom. The highest BCUT2D eigenvalue weighted by Crippen LogP contribution is 2.17. The third-order valence-electron chi connectivity index (χ3n) is 2.40. The van der Waals surface area contributed by atoms with Crippen molar-refractivity contribution in [2.45, 2.75) is 26.7 Å². The van der Waals surface area contributed by atoms with E-state index in [9.17, 15) is 4.79 Å². The minimum atomic E-state index is 0.243. The van der Waals surface area contributed by atoms with E-state index in [4.69, 9.17) is 0 Å². The van der Waals surface area contributed by atoms with Crippen molar-refractivity contribution in [2.24, 2.45) is 0 Å². The molecule has 0 unspecified atom stereocenters. The van der Waals surface area contributed by atoms with Gasteiger partial charge in [0.15, 0.2) is 0 Å². The third kappa shape index (κ3) is 2.77. The van der Waals surface area contributed by atoms with Crippen molar-refractivity contribution in [1.82, 2.24) is 4.98 Å². The molecule has 0 saturated heterocycles. The van der Waals surface area contributed by atoms with Crippen molar-refractivity contribution in [3.05, 3.63) is 38.0 Å². The Balaban J connectivity index is 1.97. The molecule has 2 heterocycles. The van der Waals surface area contributed by atoms with Crippen molar-refractivity contribution < 1.29 is 4.79 Å². The average Bonchev–Trinajstić information content (AvgIpc) is 2.78. The summed E-state index contributed by atoms with van der Waals surface area (Å²) in [6, 6.07) is 2.00. The topological polar surface area (TPSA) is 30.0 Å². The van der Waals surface area contributed by atoms with E-state index in [0.29, 0.717) is 12.8 Å². The van der Waals surface area contributed by atoms with E-state index in [2.05, 4.69) is 4.98 Å². The zero-order valence-electron chi connectivity index (χ0n) is 9.32. The van der Waals surface area contributed by atoms with Gasteiger partial charge in [0.05, 0.1) is 12.1 Å². The van der Waals surface area contributed by atoms with Gasteiger partial charge in [-0.05, 0) is 36.2 Å². The number of aryl methyl sites for hydroxylation is 2. The van der Waals surface area contributed by atoms with E-state index in [1.165, 1.54) is 4.88 Å². The number of Topliss-reactive ketones (excluding diaryl/α,β-unsaturated/α-hetero) is 1. The molecule has 0 N–H and O–H groups in total. The summed E-state index contributed by atoms with van der Waals surface area (Å²) >= 11 is 3.26. The summed E-state index contributed by atoms with van der Waals surface area (Å²) < 4.78 is 0. The van der Waals surface area contributed by atoms with Gasteiger partial charge in [0.2, 0.25) is 0 Å². The summed E-state index contributed by atoms with van der Waals surface area (Å²) in [5, 5.41) is 4.96. The SMILES string of the molecule is Cc1nc(CC(=O)Cc2ccsc2)sc1C. The first kappa shape index (κ1) is 11.5. The molecule has 2 aromatic rings. The second kappa shape index (κ2) is 4.89. The van der Waals surface area contributed by atoms with Crippen LogP contribution in [-0.4, -0.2) is 10.8 Å². The van der Waals surface area contributed by atoms with Crippen LogP contribution >= 0.6 is 22.7 Å². The lowest BCUT2D eigenvalue weighted by Gasteiger charge is -1.95. The number of rotatable bonds is 4. The quantitative estimate of drug-likeness (QED) is 0.835. The van der Waals surface area contributed by atoms with Crippen LogP contribution in [0.1, 0.15) is 21.1 Å². The van der Waals surface area contributed by atoms with E-state index in [1.54, 1.807) is 22.7 Å². The van der Waals surface area contributed by atoms with Gasteiger partial charge in [0.1, 0.15) is 10.8 Å². The zero-order valence-corrected chi connectivity index (χ0v) is 11.0. The van der Waals surface area contributed by atoms with Crippen LogP contribution in [0.3, 0.4) is 0 Å². The highest BCUT2D eigenvalue weighted by molar-refractivity contribution is 7.11. The van der Waals surface area contributed by atoms with Crippen LogP contribution in [-0.2, 0) is 17.6 Å². The number of hydrogen-bond acceptors (Lipinski definition) is 4. The van der Waals surface area contributed by atoms with Crippen LogP contribution in [0, 0.1) is 13.8 Å². The van der Waals surface area contributed by atoms with Gasteiger partial charge in [-0.2, -0.15) is 11.3 Å². The molecule has 0 saturated carbocycles. The third-order valence-corrected chi connectivity index (χ3v) is 4.21. The van der Waals surface area contributed by atoms with Crippen LogP contribution in [0.4, 0.5) is 0 Å². The largest absolute Gasteiger partial charge is 0.299 e. The molecule has 0 aliphatic rings. The molecular weight excluding hydrogens is 238 g/mol. The monoisotopic (exact) mass is 251 g/mol. The Morgan fingerprint density at radius 1 is 1.38 bits per heavy atom. The molecule has 2 rings (SSSR count). The Kier molecular flexibility index (Phi) is 3.51. The van der Waals surface area contributed by atoms with E-state index < -0.39 is 0 Å². The molecule has 2 nitrogen and oxygen atoms in total. The van der Waals surface area contributed by atoms with E-state index >= 15 is 0 Å². The predicted molar refractivity (Wildman–Crippen MR) is 68.3 cm³/mol. The summed E-state index contributed by atoms with van der Waals surface area (Å²) in [5.74, 6) is 0.243. The summed E-state index contributed by atoms with van der Waals surface area (Å²) in [6.07, 6.45) is 0.996. The average molecular weight is 251 g/mol. The molecule has 0 aliphatic heterocycles. The molecular formula is C12H13NOS2. The van der Waals surface area contributed by atoms with E-state index in [1.807, 2.05) is 30.7 Å². The summed E-state index contributed by atoms with van der Waals surface area (Å²) in [5.41, 5.74) is 2.16. The van der Waals surface area contributed by atoms with Crippen molar-refractivity contribution in [2.75, 3.05) is 0 Å². The van der Waals surface area contributed by atoms with Crippen LogP contribution < -0.4 is 0 Å². The molecule has 2 aromatic heterocycles. The van der Waals surface area contributed by atoms with Crippen LogP contribution in [0.2, 0.25) is 0 Å². The second-order valence-corrected chi connectivity index (χ2v) is 5.84. The van der Waals surface area contributed by atoms with Crippen molar-refractivity contribution in [3.63, 3.8) is 0 Å². The van der Waals surface area contributed by atoms with Crippen molar-refractivity contribution in [1.29, 1.82) is 0 Å². The van der Waals surface area contributed by atoms with Crippen LogP contribution in [0.5, 0.6) is 0 Å². The highest BCUT2D eigenvalue weighted by Gasteiger charge is 2.10. The fourth-order valence-corrected chi connectivity index (χ4v) is 3.10. The van der Waals surface area contributed by atoms with Gasteiger partial charge in [-0.3, -0.25) is 4.79 Å². The predicted octanol–water partition coefficient (Wildman–Crippen LogP) is 3.18. The standard InChI is InChI=1S/C12H13NOS2/c1-8-9(2)16-12(13-8)6-11(14)5-10-3-4-15-7-10/h3-4,7H,5-6H2,1-2H3. The van der Waals surface area contributed by atoms with Crippen LogP contribution in [0.15, 0.2) is 16.8 Å². The number of thiazole rings is 1. The smallest absolute Gasteiger partial charge is 0.144 e. The number of nitrogens with zero attached hydrogens (tertiary/aromatic N) is 1. The van der Waals surface area contributed by atoms with Crippen molar-refractivity contribution >= 4 is 28.5 Å². The molecule has 0 atom stereocenters. The minimum Gasteiger partial charge on any atom is -0.299 e. The lowest BCUT2D eigenvalue weighted by Crippen LogP contribution is -2.05. The maximum Gasteiger partial charge on any atom is 0.144 e. The van der Waals surface area contributed by atoms with E-state index in [-0.39, 0.29) is 5.78 Å². The van der Waals surface area contributed by atoms with Gasteiger partial charge < -0.3 is 0 Å². The molecule has 0 aromatic carbocycles. The Morgan fingerprint density at radius 3 is 2.75 bits per heavy atom. The van der Waals surface area contributed by atoms with Gasteiger partial charge in [0, 0.05) is 11.3 Å². The molecule has 0 amide bonds. The highest BCUT2D eigenvalue weighted by atomic mass is 32.1. The summed E-state index contributed by atoms with van der Waals surface area (Å²) in [4.78, 5) is 17.4. The van der Waals surface area contributed by atoms with Gasteiger partial charge in [0.25, 0.3) is 0 Å². The minimum absolute atomic E-state index is 0.243. The molecule has 84 valence electrons. The Bertz CT molecular complexity index is 466. The number of thiophene rings is 1. The lowest BCUT2D eigenvalue weighted by atomic mass is 10.1. The van der Waals surface area contributed by atoms with Gasteiger partial charge >= 0.3 is 0 Å². The number of ketones is 1. The van der Waals surface area contributed by atoms with Crippen LogP contribution in [0.25, 0.3) is 0 Å². The summed E-state index contributed by atoms with van der Waals surface area (Å²) in [7, 11) is 0. The maximum absolute atomic E-state index is 11.8. The first-order valence-electron chi connectivity index (χ1n) is 5.11.